The molecule has 0 amide bonds. The van der Waals surface area contributed by atoms with E-state index in [-0.39, 0.29) is 15.0 Å². The van der Waals surface area contributed by atoms with Crippen molar-refractivity contribution in [2.75, 3.05) is 0 Å². The van der Waals surface area contributed by atoms with Gasteiger partial charge in [0.05, 0.1) is 5.69 Å². The number of rotatable bonds is 4. The average Bonchev–Trinajstić information content (AvgIpc) is 2.51. The zero-order valence-corrected chi connectivity index (χ0v) is 7.52. The molecule has 13 heavy (non-hydrogen) atoms. The molecule has 0 bridgehead atoms. The van der Waals surface area contributed by atoms with Gasteiger partial charge < -0.3 is 10.8 Å². The summed E-state index contributed by atoms with van der Waals surface area (Å²) in [4.78, 5) is 14.1. The van der Waals surface area contributed by atoms with E-state index in [9.17, 15) is 9.36 Å². The summed E-state index contributed by atoms with van der Waals surface area (Å²) in [5.74, 6) is -1.09. The van der Waals surface area contributed by atoms with Crippen LogP contribution in [0.5, 0.6) is 0 Å². The molecule has 0 aliphatic heterocycles. The summed E-state index contributed by atoms with van der Waals surface area (Å²) in [6, 6.07) is -0.989. The van der Waals surface area contributed by atoms with Crippen LogP contribution in [0.3, 0.4) is 0 Å². The zero-order chi connectivity index (χ0) is 9.84. The van der Waals surface area contributed by atoms with Gasteiger partial charge in [-0.2, -0.15) is 0 Å². The molecule has 0 aliphatic rings. The number of nitrogens with two attached hydrogens (primary N) is 1. The Balaban J connectivity index is 2.73. The van der Waals surface area contributed by atoms with Gasteiger partial charge in [0.1, 0.15) is 12.4 Å². The van der Waals surface area contributed by atoms with E-state index in [1.807, 2.05) is 0 Å². The Bertz CT molecular complexity index is 325. The number of nitrogens with zero attached hydrogens (tertiary/aromatic N) is 2. The Morgan fingerprint density at radius 1 is 1.85 bits per heavy atom. The lowest BCUT2D eigenvalue weighted by Crippen LogP contribution is -2.32. The predicted octanol–water partition coefficient (Wildman–Crippen LogP) is -0.108. The Hall–Kier alpha value is -1.26. The van der Waals surface area contributed by atoms with E-state index in [0.29, 0.717) is 5.69 Å². The first-order chi connectivity index (χ1) is 6.15. The van der Waals surface area contributed by atoms with Crippen molar-refractivity contribution in [1.82, 2.24) is 9.32 Å². The molecule has 3 N–H and O–H groups in total. The molecule has 6 nitrogen and oxygen atoms in total. The highest BCUT2D eigenvalue weighted by atomic mass is 31.1. The van der Waals surface area contributed by atoms with Gasteiger partial charge in [-0.3, -0.25) is 9.13 Å². The van der Waals surface area contributed by atoms with Gasteiger partial charge in [-0.15, -0.1) is 0 Å². The molecular formula is C6H8N3O3P. The molecule has 1 aromatic heterocycles. The van der Waals surface area contributed by atoms with Gasteiger partial charge >= 0.3 is 5.97 Å². The summed E-state index contributed by atoms with van der Waals surface area (Å²) in [5, 5.41) is 8.51. The maximum Gasteiger partial charge on any atom is 0.320 e. The minimum Gasteiger partial charge on any atom is -0.480 e. The Kier molecular flexibility index (Phi) is 3.11. The minimum atomic E-state index is -1.09. The molecule has 0 aliphatic carbocycles. The van der Waals surface area contributed by atoms with Gasteiger partial charge in [0.15, 0.2) is 0 Å². The monoisotopic (exact) mass is 201 g/mol. The van der Waals surface area contributed by atoms with Crippen molar-refractivity contribution in [2.45, 2.75) is 12.5 Å². The van der Waals surface area contributed by atoms with Crippen LogP contribution in [0.2, 0.25) is 0 Å². The lowest BCUT2D eigenvalue weighted by atomic mass is 10.2. The van der Waals surface area contributed by atoms with Gasteiger partial charge in [-0.05, 0) is 0 Å². The molecule has 1 heterocycles. The number of carboxylic acid groups (broad SMARTS) is 1. The summed E-state index contributed by atoms with van der Waals surface area (Å²) in [6.45, 7) is 0. The summed E-state index contributed by atoms with van der Waals surface area (Å²) in [7, 11) is -0.243. The van der Waals surface area contributed by atoms with Crippen molar-refractivity contribution in [3.05, 3.63) is 18.2 Å². The minimum absolute atomic E-state index is 0.116. The average molecular weight is 201 g/mol. The highest BCUT2D eigenvalue weighted by molar-refractivity contribution is 7.21. The van der Waals surface area contributed by atoms with Crippen LogP contribution in [0.15, 0.2) is 12.5 Å². The van der Waals surface area contributed by atoms with Crippen molar-refractivity contribution in [3.63, 3.8) is 0 Å². The van der Waals surface area contributed by atoms with Crippen molar-refractivity contribution >= 4 is 14.6 Å². The fraction of sp³-hybridized carbons (Fsp3) is 0.333. The van der Waals surface area contributed by atoms with E-state index in [2.05, 4.69) is 4.98 Å². The zero-order valence-electron chi connectivity index (χ0n) is 6.62. The summed E-state index contributed by atoms with van der Waals surface area (Å²) in [5.41, 5.74) is 5.82. The lowest BCUT2D eigenvalue weighted by molar-refractivity contribution is -0.138. The molecule has 7 heteroatoms. The van der Waals surface area contributed by atoms with Crippen LogP contribution < -0.4 is 5.73 Å². The second-order valence-electron chi connectivity index (χ2n) is 2.46. The van der Waals surface area contributed by atoms with Crippen LogP contribution in [0.4, 0.5) is 0 Å². The fourth-order valence-electron chi connectivity index (χ4n) is 0.848. The first-order valence-electron chi connectivity index (χ1n) is 3.48. The highest BCUT2D eigenvalue weighted by Gasteiger charge is 2.14. The lowest BCUT2D eigenvalue weighted by Gasteiger charge is -2.04. The molecule has 1 rings (SSSR count). The van der Waals surface area contributed by atoms with E-state index < -0.39 is 12.0 Å². The summed E-state index contributed by atoms with van der Waals surface area (Å²) < 4.78 is 11.8. The molecule has 0 saturated heterocycles. The maximum atomic E-state index is 10.5. The van der Waals surface area contributed by atoms with E-state index in [1.165, 1.54) is 16.9 Å². The Labute approximate surface area is 75.6 Å². The van der Waals surface area contributed by atoms with Gasteiger partial charge in [0.2, 0.25) is 0 Å². The van der Waals surface area contributed by atoms with Gasteiger partial charge in [-0.1, -0.05) is 0 Å². The van der Waals surface area contributed by atoms with Crippen LogP contribution in [0.25, 0.3) is 0 Å². The van der Waals surface area contributed by atoms with Crippen molar-refractivity contribution in [3.8, 4) is 0 Å². The van der Waals surface area contributed by atoms with Crippen LogP contribution in [0.1, 0.15) is 5.69 Å². The maximum absolute atomic E-state index is 10.5. The molecule has 1 aromatic rings. The molecule has 0 aromatic carbocycles. The third-order valence-corrected chi connectivity index (χ3v) is 2.06. The van der Waals surface area contributed by atoms with Crippen molar-refractivity contribution in [1.29, 1.82) is 0 Å². The topological polar surface area (TPSA) is 98.2 Å². The van der Waals surface area contributed by atoms with Crippen LogP contribution >= 0.6 is 8.61 Å². The van der Waals surface area contributed by atoms with E-state index in [4.69, 9.17) is 10.8 Å². The first-order valence-corrected chi connectivity index (χ1v) is 4.25. The first kappa shape index (κ1) is 9.83. The van der Waals surface area contributed by atoms with E-state index >= 15 is 0 Å². The number of hydrogen-bond acceptors (Lipinski definition) is 4. The van der Waals surface area contributed by atoms with Crippen molar-refractivity contribution < 1.29 is 14.5 Å². The SMILES string of the molecule is N[C@@H](Cc1cncn1P=O)C(=O)O. The molecule has 0 spiro atoms. The molecule has 0 saturated carbocycles. The van der Waals surface area contributed by atoms with Gasteiger partial charge in [-0.25, -0.2) is 9.55 Å². The van der Waals surface area contributed by atoms with E-state index in [0.717, 1.165) is 0 Å². The molecule has 70 valence electrons. The predicted molar refractivity (Wildman–Crippen MR) is 44.5 cm³/mol. The van der Waals surface area contributed by atoms with Gasteiger partial charge in [0, 0.05) is 12.6 Å². The van der Waals surface area contributed by atoms with Crippen LogP contribution in [-0.4, -0.2) is 26.4 Å². The van der Waals surface area contributed by atoms with E-state index in [1.54, 1.807) is 0 Å². The Morgan fingerprint density at radius 2 is 2.54 bits per heavy atom. The Morgan fingerprint density at radius 3 is 3.08 bits per heavy atom. The third-order valence-electron chi connectivity index (χ3n) is 1.53. The molecule has 1 atom stereocenters. The fourth-order valence-corrected chi connectivity index (χ4v) is 1.19. The molecule has 0 radical (unpaired) electrons. The number of imidazole rings is 1. The summed E-state index contributed by atoms with van der Waals surface area (Å²) >= 11 is 0. The third kappa shape index (κ3) is 2.34. The molecule has 0 unspecified atom stereocenters. The number of carboxylic acids is 1. The highest BCUT2D eigenvalue weighted by Crippen LogP contribution is 2.08. The largest absolute Gasteiger partial charge is 0.480 e. The second-order valence-corrected chi connectivity index (χ2v) is 3.05. The number of aliphatic carboxylic acids is 1. The quantitative estimate of drug-likeness (QED) is 0.662. The molecule has 0 fully saturated rings. The number of carbonyl (C=O) groups is 1. The standard InChI is InChI=1S/C6H8N3O3P/c7-5(6(10)11)1-4-2-8-3-9(4)13-12/h2-3,5H,1,7H2,(H,10,11)/t5-/m0/s1. The number of hydrogen-bond donors (Lipinski definition) is 2. The van der Waals surface area contributed by atoms with Crippen LogP contribution in [0, 0.1) is 0 Å². The van der Waals surface area contributed by atoms with Gasteiger partial charge in [0.25, 0.3) is 8.61 Å². The normalized spacial score (nSPS) is 13.0. The molecular weight excluding hydrogens is 193 g/mol. The smallest absolute Gasteiger partial charge is 0.320 e. The summed E-state index contributed by atoms with van der Waals surface area (Å²) in [6.07, 6.45) is 2.90. The number of aromatic nitrogens is 2. The second kappa shape index (κ2) is 4.11. The van der Waals surface area contributed by atoms with Crippen molar-refractivity contribution in [2.24, 2.45) is 5.73 Å². The van der Waals surface area contributed by atoms with Crippen LogP contribution in [-0.2, 0) is 15.8 Å².